The number of hydrogen-bond donors (Lipinski definition) is 0. The minimum absolute atomic E-state index is 0.218. The number of para-hydroxylation sites is 1. The molecule has 3 aromatic carbocycles. The first-order chi connectivity index (χ1) is 17.3. The molecule has 4 aromatic rings. The van der Waals surface area contributed by atoms with Crippen LogP contribution in [0.25, 0.3) is 22.3 Å². The molecule has 0 aliphatic heterocycles. The average Bonchev–Trinajstić information content (AvgIpc) is 2.87. The van der Waals surface area contributed by atoms with Crippen molar-refractivity contribution >= 4 is 17.1 Å². The van der Waals surface area contributed by atoms with Gasteiger partial charge in [0.15, 0.2) is 5.82 Å². The number of hydrogen-bond acceptors (Lipinski definition) is 6. The van der Waals surface area contributed by atoms with Gasteiger partial charge in [-0.3, -0.25) is 4.79 Å². The Balaban J connectivity index is 1.99. The zero-order chi connectivity index (χ0) is 26.0. The van der Waals surface area contributed by atoms with Gasteiger partial charge in [0.05, 0.1) is 38.4 Å². The van der Waals surface area contributed by atoms with Crippen LogP contribution in [0.3, 0.4) is 0 Å². The Bertz CT molecular complexity index is 1520. The van der Waals surface area contributed by atoms with Crippen LogP contribution in [0.4, 0.5) is 0 Å². The third kappa shape index (κ3) is 4.44. The van der Waals surface area contributed by atoms with Crippen molar-refractivity contribution in [1.82, 2.24) is 9.66 Å². The number of benzene rings is 3. The fraction of sp³-hybridized carbons (Fsp3) is 0.276. The maximum atomic E-state index is 13.7. The molecule has 0 unspecified atom stereocenters. The van der Waals surface area contributed by atoms with E-state index in [1.54, 1.807) is 33.6 Å². The lowest BCUT2D eigenvalue weighted by molar-refractivity contribution is 0.388. The second-order valence-corrected chi connectivity index (χ2v) is 8.89. The topological polar surface area (TPSA) is 74.9 Å². The molecule has 0 amide bonds. The molecule has 0 aliphatic carbocycles. The summed E-state index contributed by atoms with van der Waals surface area (Å²) in [6, 6.07) is 15.0. The molecule has 1 aromatic heterocycles. The van der Waals surface area contributed by atoms with E-state index in [9.17, 15) is 4.79 Å². The molecule has 36 heavy (non-hydrogen) atoms. The van der Waals surface area contributed by atoms with Gasteiger partial charge in [0.1, 0.15) is 17.2 Å². The highest BCUT2D eigenvalue weighted by atomic mass is 16.5. The maximum Gasteiger partial charge on any atom is 0.282 e. The van der Waals surface area contributed by atoms with Gasteiger partial charge in [0.2, 0.25) is 0 Å². The number of fused-ring (bicyclic) bond motifs is 1. The van der Waals surface area contributed by atoms with Crippen molar-refractivity contribution in [3.63, 3.8) is 0 Å². The summed E-state index contributed by atoms with van der Waals surface area (Å²) >= 11 is 0. The summed E-state index contributed by atoms with van der Waals surface area (Å²) in [7, 11) is 4.88. The summed E-state index contributed by atoms with van der Waals surface area (Å²) in [5.41, 5.74) is 4.71. The first-order valence-electron chi connectivity index (χ1n) is 11.8. The molecule has 1 heterocycles. The molecule has 0 spiro atoms. The van der Waals surface area contributed by atoms with Gasteiger partial charge < -0.3 is 14.2 Å². The summed E-state index contributed by atoms with van der Waals surface area (Å²) in [6.45, 7) is 8.11. The van der Waals surface area contributed by atoms with Crippen molar-refractivity contribution in [2.45, 2.75) is 33.6 Å². The highest BCUT2D eigenvalue weighted by Crippen LogP contribution is 2.34. The Kier molecular flexibility index (Phi) is 7.10. The molecule has 7 nitrogen and oxygen atoms in total. The number of aromatic nitrogens is 2. The minimum atomic E-state index is -0.252. The van der Waals surface area contributed by atoms with Crippen molar-refractivity contribution in [3.05, 3.63) is 81.1 Å². The van der Waals surface area contributed by atoms with E-state index in [2.05, 4.69) is 18.9 Å². The summed E-state index contributed by atoms with van der Waals surface area (Å²) in [4.78, 5) is 18.5. The lowest BCUT2D eigenvalue weighted by atomic mass is 9.96. The van der Waals surface area contributed by atoms with Crippen LogP contribution in [0, 0.1) is 13.8 Å². The lowest BCUT2D eigenvalue weighted by Gasteiger charge is -2.17. The van der Waals surface area contributed by atoms with E-state index in [0.29, 0.717) is 28.2 Å². The molecule has 186 valence electrons. The summed E-state index contributed by atoms with van der Waals surface area (Å²) in [6.07, 6.45) is 1.62. The fourth-order valence-corrected chi connectivity index (χ4v) is 4.38. The summed E-state index contributed by atoms with van der Waals surface area (Å²) < 4.78 is 18.0. The summed E-state index contributed by atoms with van der Waals surface area (Å²) in [5.74, 6) is 2.83. The first kappa shape index (κ1) is 25.0. The number of rotatable bonds is 7. The van der Waals surface area contributed by atoms with Gasteiger partial charge in [-0.25, -0.2) is 4.98 Å². The minimum Gasteiger partial charge on any atom is -0.496 e. The van der Waals surface area contributed by atoms with E-state index in [-0.39, 0.29) is 11.5 Å². The SMILES string of the molecule is COc1cc(C)c(-c2nc3ccccc3c(=O)n2N=Cc2ccc(OC)c(C)c2OC)cc1C(C)C. The molecular weight excluding hydrogens is 454 g/mol. The molecule has 0 bridgehead atoms. The van der Waals surface area contributed by atoms with E-state index in [1.807, 2.05) is 56.3 Å². The molecule has 0 atom stereocenters. The van der Waals surface area contributed by atoms with E-state index in [1.165, 1.54) is 4.68 Å². The molecule has 0 saturated heterocycles. The lowest BCUT2D eigenvalue weighted by Crippen LogP contribution is -2.21. The molecule has 0 N–H and O–H groups in total. The zero-order valence-corrected chi connectivity index (χ0v) is 21.7. The third-order valence-electron chi connectivity index (χ3n) is 6.32. The first-order valence-corrected chi connectivity index (χ1v) is 11.8. The van der Waals surface area contributed by atoms with Crippen molar-refractivity contribution in [2.24, 2.45) is 5.10 Å². The fourth-order valence-electron chi connectivity index (χ4n) is 4.38. The van der Waals surface area contributed by atoms with Gasteiger partial charge >= 0.3 is 0 Å². The second kappa shape index (κ2) is 10.2. The van der Waals surface area contributed by atoms with Gasteiger partial charge in [0.25, 0.3) is 5.56 Å². The van der Waals surface area contributed by atoms with Crippen LogP contribution in [0.2, 0.25) is 0 Å². The average molecular weight is 486 g/mol. The van der Waals surface area contributed by atoms with Crippen LogP contribution < -0.4 is 19.8 Å². The van der Waals surface area contributed by atoms with E-state index < -0.39 is 0 Å². The normalized spacial score (nSPS) is 11.4. The predicted molar refractivity (Wildman–Crippen MR) is 144 cm³/mol. The quantitative estimate of drug-likeness (QED) is 0.313. The van der Waals surface area contributed by atoms with E-state index in [4.69, 9.17) is 19.2 Å². The molecule has 4 rings (SSSR count). The van der Waals surface area contributed by atoms with Crippen LogP contribution in [-0.2, 0) is 0 Å². The molecular formula is C29H31N3O4. The number of ether oxygens (including phenoxy) is 3. The standard InChI is InChI=1S/C29H31N3O4/c1-17(2)22-15-23(18(3)14-26(22)35-6)28-31-24-11-9-8-10-21(24)29(33)32(28)30-16-20-12-13-25(34-5)19(4)27(20)36-7/h8-17H,1-7H3. The van der Waals surface area contributed by atoms with E-state index >= 15 is 0 Å². The Morgan fingerprint density at radius 3 is 2.33 bits per heavy atom. The van der Waals surface area contributed by atoms with Crippen molar-refractivity contribution < 1.29 is 14.2 Å². The Labute approximate surface area is 211 Å². The van der Waals surface area contributed by atoms with Crippen LogP contribution >= 0.6 is 0 Å². The Hall–Kier alpha value is -4.13. The van der Waals surface area contributed by atoms with Crippen LogP contribution in [0.5, 0.6) is 17.2 Å². The highest BCUT2D eigenvalue weighted by molar-refractivity contribution is 5.86. The smallest absolute Gasteiger partial charge is 0.282 e. The molecule has 0 radical (unpaired) electrons. The molecule has 0 saturated carbocycles. The zero-order valence-electron chi connectivity index (χ0n) is 21.7. The van der Waals surface area contributed by atoms with Crippen molar-refractivity contribution in [2.75, 3.05) is 21.3 Å². The van der Waals surface area contributed by atoms with Gasteiger partial charge in [0, 0.05) is 16.7 Å². The summed E-state index contributed by atoms with van der Waals surface area (Å²) in [5, 5.41) is 5.12. The van der Waals surface area contributed by atoms with Crippen LogP contribution in [0.15, 0.2) is 58.4 Å². The molecule has 0 aliphatic rings. The second-order valence-electron chi connectivity index (χ2n) is 8.89. The monoisotopic (exact) mass is 485 g/mol. The maximum absolute atomic E-state index is 13.7. The predicted octanol–water partition coefficient (Wildman–Crippen LogP) is 5.71. The van der Waals surface area contributed by atoms with Gasteiger partial charge in [-0.15, -0.1) is 0 Å². The third-order valence-corrected chi connectivity index (χ3v) is 6.32. The Morgan fingerprint density at radius 1 is 0.944 bits per heavy atom. The highest BCUT2D eigenvalue weighted by Gasteiger charge is 2.18. The van der Waals surface area contributed by atoms with Gasteiger partial charge in [-0.1, -0.05) is 26.0 Å². The van der Waals surface area contributed by atoms with Crippen molar-refractivity contribution in [1.29, 1.82) is 0 Å². The molecule has 7 heteroatoms. The Morgan fingerprint density at radius 2 is 1.67 bits per heavy atom. The largest absolute Gasteiger partial charge is 0.496 e. The van der Waals surface area contributed by atoms with Gasteiger partial charge in [-0.2, -0.15) is 9.78 Å². The van der Waals surface area contributed by atoms with Gasteiger partial charge in [-0.05, 0) is 67.3 Å². The molecule has 0 fully saturated rings. The number of methoxy groups -OCH3 is 3. The van der Waals surface area contributed by atoms with Crippen LogP contribution in [-0.4, -0.2) is 37.2 Å². The number of aryl methyl sites for hydroxylation is 1. The van der Waals surface area contributed by atoms with Crippen molar-refractivity contribution in [3.8, 4) is 28.6 Å². The van der Waals surface area contributed by atoms with E-state index in [0.717, 1.165) is 33.6 Å². The number of nitrogens with zero attached hydrogens (tertiary/aromatic N) is 3. The van der Waals surface area contributed by atoms with Crippen LogP contribution in [0.1, 0.15) is 42.0 Å².